The summed E-state index contributed by atoms with van der Waals surface area (Å²) in [5.41, 5.74) is -0.572. The van der Waals surface area contributed by atoms with E-state index in [-0.39, 0.29) is 5.97 Å². The fourth-order valence-corrected chi connectivity index (χ4v) is 1.32. The molecule has 1 rings (SSSR count). The Morgan fingerprint density at radius 2 is 1.67 bits per heavy atom. The maximum absolute atomic E-state index is 11.9. The first-order valence-corrected chi connectivity index (χ1v) is 6.22. The van der Waals surface area contributed by atoms with Crippen LogP contribution in [0, 0.1) is 5.41 Å². The van der Waals surface area contributed by atoms with Gasteiger partial charge in [0.15, 0.2) is 0 Å². The van der Waals surface area contributed by atoms with Gasteiger partial charge in [-0.25, -0.2) is 0 Å². The van der Waals surface area contributed by atoms with Crippen LogP contribution in [0.25, 0.3) is 0 Å². The maximum atomic E-state index is 11.9. The SMILES string of the molecule is CCC(C)(C)C(=O)Oc1ccc(C(C)(C)O)cc1. The molecule has 0 heterocycles. The summed E-state index contributed by atoms with van der Waals surface area (Å²) in [6.45, 7) is 9.11. The summed E-state index contributed by atoms with van der Waals surface area (Å²) < 4.78 is 5.32. The Bertz CT molecular complexity index is 410. The molecule has 1 N–H and O–H groups in total. The minimum atomic E-state index is -0.884. The summed E-state index contributed by atoms with van der Waals surface area (Å²) in [6, 6.07) is 6.94. The van der Waals surface area contributed by atoms with Gasteiger partial charge in [-0.3, -0.25) is 4.79 Å². The van der Waals surface area contributed by atoms with Gasteiger partial charge < -0.3 is 9.84 Å². The van der Waals surface area contributed by atoms with Gasteiger partial charge in [0.2, 0.25) is 0 Å². The molecule has 0 bridgehead atoms. The van der Waals surface area contributed by atoms with E-state index in [1.54, 1.807) is 38.1 Å². The van der Waals surface area contributed by atoms with Crippen LogP contribution in [0.2, 0.25) is 0 Å². The Kier molecular flexibility index (Phi) is 4.17. The number of carbonyl (C=O) groups is 1. The predicted octanol–water partition coefficient (Wildman–Crippen LogP) is 3.26. The lowest BCUT2D eigenvalue weighted by molar-refractivity contribution is -0.144. The molecule has 0 radical (unpaired) electrons. The van der Waals surface area contributed by atoms with E-state index in [1.165, 1.54) is 0 Å². The Labute approximate surface area is 109 Å². The fourth-order valence-electron chi connectivity index (χ4n) is 1.32. The Hall–Kier alpha value is -1.35. The highest BCUT2D eigenvalue weighted by Gasteiger charge is 2.27. The highest BCUT2D eigenvalue weighted by Crippen LogP contribution is 2.26. The quantitative estimate of drug-likeness (QED) is 0.659. The van der Waals surface area contributed by atoms with Crippen LogP contribution in [0.15, 0.2) is 24.3 Å². The zero-order chi connectivity index (χ0) is 14.0. The number of rotatable bonds is 4. The molecule has 0 atom stereocenters. The number of carbonyl (C=O) groups excluding carboxylic acids is 1. The molecule has 0 unspecified atom stereocenters. The molecule has 100 valence electrons. The van der Waals surface area contributed by atoms with Crippen LogP contribution < -0.4 is 4.74 Å². The van der Waals surface area contributed by atoms with Crippen molar-refractivity contribution >= 4 is 5.97 Å². The van der Waals surface area contributed by atoms with Gasteiger partial charge in [0.05, 0.1) is 11.0 Å². The summed E-state index contributed by atoms with van der Waals surface area (Å²) in [5.74, 6) is 0.274. The first-order valence-electron chi connectivity index (χ1n) is 6.22. The molecule has 3 nitrogen and oxygen atoms in total. The second-order valence-corrected chi connectivity index (χ2v) is 5.71. The summed E-state index contributed by atoms with van der Waals surface area (Å²) >= 11 is 0. The van der Waals surface area contributed by atoms with Gasteiger partial charge in [-0.15, -0.1) is 0 Å². The van der Waals surface area contributed by atoms with Crippen LogP contribution >= 0.6 is 0 Å². The number of hydrogen-bond donors (Lipinski definition) is 1. The van der Waals surface area contributed by atoms with Crippen LogP contribution in [-0.4, -0.2) is 11.1 Å². The first-order chi connectivity index (χ1) is 8.16. The average molecular weight is 250 g/mol. The first kappa shape index (κ1) is 14.7. The Balaban J connectivity index is 2.79. The fraction of sp³-hybridized carbons (Fsp3) is 0.533. The molecule has 18 heavy (non-hydrogen) atoms. The van der Waals surface area contributed by atoms with E-state index < -0.39 is 11.0 Å². The summed E-state index contributed by atoms with van der Waals surface area (Å²) in [6.07, 6.45) is 0.730. The molecule has 0 fully saturated rings. The van der Waals surface area contributed by atoms with Crippen LogP contribution in [0.3, 0.4) is 0 Å². The van der Waals surface area contributed by atoms with Gasteiger partial charge in [0, 0.05) is 0 Å². The minimum absolute atomic E-state index is 0.235. The van der Waals surface area contributed by atoms with E-state index in [0.717, 1.165) is 12.0 Å². The third kappa shape index (κ3) is 3.57. The van der Waals surface area contributed by atoms with Gasteiger partial charge in [0.1, 0.15) is 5.75 Å². The molecule has 0 amide bonds. The monoisotopic (exact) mass is 250 g/mol. The highest BCUT2D eigenvalue weighted by atomic mass is 16.5. The lowest BCUT2D eigenvalue weighted by Gasteiger charge is -2.21. The molecular weight excluding hydrogens is 228 g/mol. The van der Waals surface area contributed by atoms with Crippen molar-refractivity contribution in [3.05, 3.63) is 29.8 Å². The Morgan fingerprint density at radius 3 is 2.06 bits per heavy atom. The molecule has 1 aromatic rings. The van der Waals surface area contributed by atoms with Gasteiger partial charge in [0.25, 0.3) is 0 Å². The average Bonchev–Trinajstić information content (AvgIpc) is 2.28. The van der Waals surface area contributed by atoms with Crippen molar-refractivity contribution in [1.82, 2.24) is 0 Å². The predicted molar refractivity (Wildman–Crippen MR) is 71.4 cm³/mol. The smallest absolute Gasteiger partial charge is 0.316 e. The molecule has 3 heteroatoms. The number of esters is 1. The summed E-state index contributed by atoms with van der Waals surface area (Å²) in [5, 5.41) is 9.82. The van der Waals surface area contributed by atoms with Crippen molar-refractivity contribution in [2.24, 2.45) is 5.41 Å². The Morgan fingerprint density at radius 1 is 1.17 bits per heavy atom. The largest absolute Gasteiger partial charge is 0.426 e. The van der Waals surface area contributed by atoms with Crippen LogP contribution in [0.5, 0.6) is 5.75 Å². The van der Waals surface area contributed by atoms with Crippen LogP contribution in [0.1, 0.15) is 46.6 Å². The number of benzene rings is 1. The zero-order valence-electron chi connectivity index (χ0n) is 11.8. The maximum Gasteiger partial charge on any atom is 0.316 e. The van der Waals surface area contributed by atoms with Gasteiger partial charge in [-0.1, -0.05) is 19.1 Å². The van der Waals surface area contributed by atoms with E-state index >= 15 is 0 Å². The van der Waals surface area contributed by atoms with Crippen molar-refractivity contribution in [1.29, 1.82) is 0 Å². The van der Waals surface area contributed by atoms with E-state index in [2.05, 4.69) is 0 Å². The molecular formula is C15H22O3. The molecule has 0 aliphatic carbocycles. The second kappa shape index (κ2) is 5.11. The van der Waals surface area contributed by atoms with Gasteiger partial charge >= 0.3 is 5.97 Å². The molecule has 0 aliphatic heterocycles. The van der Waals surface area contributed by atoms with Crippen molar-refractivity contribution in [2.45, 2.75) is 46.6 Å². The van der Waals surface area contributed by atoms with Gasteiger partial charge in [-0.05, 0) is 51.8 Å². The van der Waals surface area contributed by atoms with E-state index in [1.807, 2.05) is 20.8 Å². The van der Waals surface area contributed by atoms with Gasteiger partial charge in [-0.2, -0.15) is 0 Å². The van der Waals surface area contributed by atoms with E-state index in [4.69, 9.17) is 4.74 Å². The molecule has 0 aliphatic rings. The van der Waals surface area contributed by atoms with E-state index in [0.29, 0.717) is 5.75 Å². The van der Waals surface area contributed by atoms with Crippen molar-refractivity contribution in [3.63, 3.8) is 0 Å². The highest BCUT2D eigenvalue weighted by molar-refractivity contribution is 5.78. The zero-order valence-corrected chi connectivity index (χ0v) is 11.8. The third-order valence-electron chi connectivity index (χ3n) is 3.21. The van der Waals surface area contributed by atoms with Crippen LogP contribution in [0.4, 0.5) is 0 Å². The van der Waals surface area contributed by atoms with Crippen LogP contribution in [-0.2, 0) is 10.4 Å². The standard InChI is InChI=1S/C15H22O3/c1-6-14(2,3)13(16)18-12-9-7-11(8-10-12)15(4,5)17/h7-10,17H,6H2,1-5H3. The lowest BCUT2D eigenvalue weighted by atomic mass is 9.91. The number of hydrogen-bond acceptors (Lipinski definition) is 3. The van der Waals surface area contributed by atoms with Crippen molar-refractivity contribution < 1.29 is 14.6 Å². The molecule has 0 aromatic heterocycles. The topological polar surface area (TPSA) is 46.5 Å². The summed E-state index contributed by atoms with van der Waals surface area (Å²) in [7, 11) is 0. The third-order valence-corrected chi connectivity index (χ3v) is 3.21. The number of ether oxygens (including phenoxy) is 1. The summed E-state index contributed by atoms with van der Waals surface area (Å²) in [4.78, 5) is 11.9. The second-order valence-electron chi connectivity index (χ2n) is 5.71. The van der Waals surface area contributed by atoms with E-state index in [9.17, 15) is 9.90 Å². The normalized spacial score (nSPS) is 12.3. The lowest BCUT2D eigenvalue weighted by Crippen LogP contribution is -2.28. The molecule has 0 saturated carbocycles. The molecule has 0 saturated heterocycles. The van der Waals surface area contributed by atoms with Crippen molar-refractivity contribution in [3.8, 4) is 5.75 Å². The number of aliphatic hydroxyl groups is 1. The molecule has 0 spiro atoms. The van der Waals surface area contributed by atoms with Crippen molar-refractivity contribution in [2.75, 3.05) is 0 Å². The minimum Gasteiger partial charge on any atom is -0.426 e. The molecule has 1 aromatic carbocycles.